The molecule has 1 amide bonds. The monoisotopic (exact) mass is 356 g/mol. The predicted octanol–water partition coefficient (Wildman–Crippen LogP) is 2.00. The number of thiophene rings is 1. The molecule has 0 bridgehead atoms. The van der Waals surface area contributed by atoms with E-state index in [0.717, 1.165) is 47.1 Å². The highest BCUT2D eigenvalue weighted by atomic mass is 32.1. The highest BCUT2D eigenvalue weighted by Gasteiger charge is 2.25. The summed E-state index contributed by atoms with van der Waals surface area (Å²) < 4.78 is 1.78. The fraction of sp³-hybridized carbons (Fsp3) is 0.412. The largest absolute Gasteiger partial charge is 0.351 e. The minimum atomic E-state index is 0.0680. The smallest absolute Gasteiger partial charge is 0.263 e. The third-order valence-corrected chi connectivity index (χ3v) is 5.69. The van der Waals surface area contributed by atoms with E-state index < -0.39 is 0 Å². The van der Waals surface area contributed by atoms with Gasteiger partial charge in [0.15, 0.2) is 5.65 Å². The lowest BCUT2D eigenvalue weighted by molar-refractivity contribution is 0.0832. The SMILES string of the molecule is Cc1nc(N2CCc3sc(C(=O)N(C)C)cc3C2)c2cnn(C)c2n1. The standard InChI is InChI=1S/C17H20N6OS/c1-10-19-15-12(8-18-22(15)4)16(20-10)23-6-5-13-11(9-23)7-14(25-13)17(24)21(2)3/h7-8H,5-6,9H2,1-4H3. The zero-order chi connectivity index (χ0) is 17.7. The van der Waals surface area contributed by atoms with Crippen LogP contribution in [-0.2, 0) is 20.0 Å². The summed E-state index contributed by atoms with van der Waals surface area (Å²) in [6.45, 7) is 3.54. The van der Waals surface area contributed by atoms with Gasteiger partial charge in [-0.15, -0.1) is 11.3 Å². The van der Waals surface area contributed by atoms with E-state index in [1.165, 1.54) is 10.4 Å². The number of amides is 1. The van der Waals surface area contributed by atoms with Crippen molar-refractivity contribution in [2.45, 2.75) is 19.9 Å². The molecule has 4 rings (SSSR count). The Bertz CT molecular complexity index is 973. The molecule has 7 nitrogen and oxygen atoms in total. The molecule has 0 fully saturated rings. The van der Waals surface area contributed by atoms with Gasteiger partial charge in [0.25, 0.3) is 5.91 Å². The molecular weight excluding hydrogens is 336 g/mol. The summed E-state index contributed by atoms with van der Waals surface area (Å²) in [5, 5.41) is 5.29. The maximum absolute atomic E-state index is 12.2. The number of carbonyl (C=O) groups is 1. The molecular formula is C17H20N6OS. The number of rotatable bonds is 2. The zero-order valence-corrected chi connectivity index (χ0v) is 15.6. The van der Waals surface area contributed by atoms with Crippen molar-refractivity contribution in [1.29, 1.82) is 0 Å². The number of hydrogen-bond donors (Lipinski definition) is 0. The number of fused-ring (bicyclic) bond motifs is 2. The maximum Gasteiger partial charge on any atom is 0.263 e. The molecule has 0 atom stereocenters. The van der Waals surface area contributed by atoms with Gasteiger partial charge in [0, 0.05) is 39.1 Å². The lowest BCUT2D eigenvalue weighted by Crippen LogP contribution is -2.30. The van der Waals surface area contributed by atoms with Crippen LogP contribution in [0.3, 0.4) is 0 Å². The van der Waals surface area contributed by atoms with Crippen molar-refractivity contribution in [3.63, 3.8) is 0 Å². The van der Waals surface area contributed by atoms with Crippen LogP contribution < -0.4 is 4.90 Å². The zero-order valence-electron chi connectivity index (χ0n) is 14.8. The first-order chi connectivity index (χ1) is 11.9. The van der Waals surface area contributed by atoms with Crippen LogP contribution in [0.5, 0.6) is 0 Å². The summed E-state index contributed by atoms with van der Waals surface area (Å²) in [4.78, 5) is 27.4. The van der Waals surface area contributed by atoms with E-state index in [-0.39, 0.29) is 5.91 Å². The van der Waals surface area contributed by atoms with Gasteiger partial charge in [-0.3, -0.25) is 9.48 Å². The second-order valence-corrected chi connectivity index (χ2v) is 7.67. The number of hydrogen-bond acceptors (Lipinski definition) is 6. The van der Waals surface area contributed by atoms with Crippen LogP contribution in [0.15, 0.2) is 12.3 Å². The van der Waals surface area contributed by atoms with Gasteiger partial charge in [0.1, 0.15) is 11.6 Å². The Morgan fingerprint density at radius 1 is 1.32 bits per heavy atom. The molecule has 25 heavy (non-hydrogen) atoms. The minimum absolute atomic E-state index is 0.0680. The second-order valence-electron chi connectivity index (χ2n) is 6.53. The third-order valence-electron chi connectivity index (χ3n) is 4.47. The number of aryl methyl sites for hydroxylation is 2. The van der Waals surface area contributed by atoms with E-state index in [4.69, 9.17) is 0 Å². The summed E-state index contributed by atoms with van der Waals surface area (Å²) in [6, 6.07) is 2.03. The van der Waals surface area contributed by atoms with Crippen molar-refractivity contribution in [1.82, 2.24) is 24.6 Å². The number of anilines is 1. The van der Waals surface area contributed by atoms with E-state index in [1.807, 2.05) is 26.2 Å². The summed E-state index contributed by atoms with van der Waals surface area (Å²) >= 11 is 1.61. The van der Waals surface area contributed by atoms with Crippen molar-refractivity contribution >= 4 is 34.1 Å². The molecule has 0 aromatic carbocycles. The summed E-state index contributed by atoms with van der Waals surface area (Å²) in [5.41, 5.74) is 2.07. The molecule has 0 radical (unpaired) electrons. The van der Waals surface area contributed by atoms with Gasteiger partial charge in [0.2, 0.25) is 0 Å². The van der Waals surface area contributed by atoms with Gasteiger partial charge in [0.05, 0.1) is 16.5 Å². The normalized spacial score (nSPS) is 14.0. The van der Waals surface area contributed by atoms with Crippen molar-refractivity contribution in [2.24, 2.45) is 7.05 Å². The van der Waals surface area contributed by atoms with E-state index in [9.17, 15) is 4.79 Å². The number of carbonyl (C=O) groups excluding carboxylic acids is 1. The van der Waals surface area contributed by atoms with Crippen molar-refractivity contribution in [3.8, 4) is 0 Å². The van der Waals surface area contributed by atoms with E-state index in [1.54, 1.807) is 35.0 Å². The molecule has 0 spiro atoms. The summed E-state index contributed by atoms with van der Waals surface area (Å²) in [7, 11) is 5.47. The predicted molar refractivity (Wildman–Crippen MR) is 98.1 cm³/mol. The summed E-state index contributed by atoms with van der Waals surface area (Å²) in [6.07, 6.45) is 2.75. The van der Waals surface area contributed by atoms with Gasteiger partial charge in [-0.2, -0.15) is 5.10 Å². The quantitative estimate of drug-likeness (QED) is 0.703. The fourth-order valence-corrected chi connectivity index (χ4v) is 4.38. The topological polar surface area (TPSA) is 67.2 Å². The Morgan fingerprint density at radius 3 is 2.88 bits per heavy atom. The first-order valence-corrected chi connectivity index (χ1v) is 9.00. The van der Waals surface area contributed by atoms with E-state index in [0.29, 0.717) is 0 Å². The van der Waals surface area contributed by atoms with Crippen molar-refractivity contribution < 1.29 is 4.79 Å². The van der Waals surface area contributed by atoms with Crippen LogP contribution in [0.2, 0.25) is 0 Å². The molecule has 130 valence electrons. The molecule has 0 unspecified atom stereocenters. The van der Waals surface area contributed by atoms with Gasteiger partial charge >= 0.3 is 0 Å². The summed E-state index contributed by atoms with van der Waals surface area (Å²) in [5.74, 6) is 1.73. The third kappa shape index (κ3) is 2.66. The molecule has 0 N–H and O–H groups in total. The first-order valence-electron chi connectivity index (χ1n) is 8.18. The molecule has 3 aromatic rings. The molecule has 4 heterocycles. The van der Waals surface area contributed by atoms with Gasteiger partial charge in [-0.1, -0.05) is 0 Å². The Balaban J connectivity index is 1.70. The van der Waals surface area contributed by atoms with Gasteiger partial charge < -0.3 is 9.80 Å². The lowest BCUT2D eigenvalue weighted by Gasteiger charge is -2.28. The van der Waals surface area contributed by atoms with Crippen LogP contribution in [0, 0.1) is 6.92 Å². The van der Waals surface area contributed by atoms with E-state index >= 15 is 0 Å². The first kappa shape index (κ1) is 16.0. The Kier molecular flexibility index (Phi) is 3.72. The molecule has 0 saturated heterocycles. The van der Waals surface area contributed by atoms with E-state index in [2.05, 4.69) is 20.0 Å². The average Bonchev–Trinajstić information content (AvgIpc) is 3.16. The molecule has 0 saturated carbocycles. The highest BCUT2D eigenvalue weighted by molar-refractivity contribution is 7.14. The van der Waals surface area contributed by atoms with Crippen LogP contribution in [0.4, 0.5) is 5.82 Å². The van der Waals surface area contributed by atoms with Crippen LogP contribution in [-0.4, -0.2) is 51.2 Å². The van der Waals surface area contributed by atoms with Crippen molar-refractivity contribution in [2.75, 3.05) is 25.5 Å². The van der Waals surface area contributed by atoms with Gasteiger partial charge in [-0.25, -0.2) is 9.97 Å². The molecule has 0 aliphatic carbocycles. The van der Waals surface area contributed by atoms with Crippen molar-refractivity contribution in [3.05, 3.63) is 33.4 Å². The Labute approximate surface area is 149 Å². The number of nitrogens with zero attached hydrogens (tertiary/aromatic N) is 6. The Hall–Kier alpha value is -2.48. The molecule has 1 aliphatic rings. The Morgan fingerprint density at radius 2 is 2.12 bits per heavy atom. The highest BCUT2D eigenvalue weighted by Crippen LogP contribution is 2.32. The van der Waals surface area contributed by atoms with Crippen LogP contribution in [0.25, 0.3) is 11.0 Å². The second kappa shape index (κ2) is 5.80. The van der Waals surface area contributed by atoms with Crippen LogP contribution >= 0.6 is 11.3 Å². The average molecular weight is 356 g/mol. The lowest BCUT2D eigenvalue weighted by atomic mass is 10.1. The maximum atomic E-state index is 12.2. The molecule has 3 aromatic heterocycles. The fourth-order valence-electron chi connectivity index (χ4n) is 3.19. The minimum Gasteiger partial charge on any atom is -0.351 e. The molecule has 1 aliphatic heterocycles. The number of aromatic nitrogens is 4. The van der Waals surface area contributed by atoms with Gasteiger partial charge in [-0.05, 0) is 25.0 Å². The molecule has 8 heteroatoms. The van der Waals surface area contributed by atoms with Crippen LogP contribution in [0.1, 0.15) is 25.9 Å².